The normalized spacial score (nSPS) is 15.8. The Balaban J connectivity index is 1.35. The molecule has 2 aromatic heterocycles. The monoisotopic (exact) mass is 365 g/mol. The van der Waals surface area contributed by atoms with Crippen molar-refractivity contribution >= 4 is 17.6 Å². The average Bonchev–Trinajstić information content (AvgIpc) is 3.11. The van der Waals surface area contributed by atoms with Gasteiger partial charge in [-0.2, -0.15) is 4.98 Å². The van der Waals surface area contributed by atoms with E-state index in [4.69, 9.17) is 20.9 Å². The molecule has 0 aromatic carbocycles. The summed E-state index contributed by atoms with van der Waals surface area (Å²) in [7, 11) is 0. The van der Waals surface area contributed by atoms with Crippen LogP contribution in [0.25, 0.3) is 0 Å². The van der Waals surface area contributed by atoms with Crippen LogP contribution in [-0.4, -0.2) is 39.8 Å². The molecule has 0 amide bonds. The Bertz CT molecular complexity index is 653. The molecule has 1 aliphatic heterocycles. The smallest absolute Gasteiger partial charge is 0.324 e. The van der Waals surface area contributed by atoms with Crippen LogP contribution in [0.5, 0.6) is 5.75 Å². The molecule has 0 spiro atoms. The summed E-state index contributed by atoms with van der Waals surface area (Å²) in [4.78, 5) is 14.5. The lowest BCUT2D eigenvalue weighted by molar-refractivity contribution is 0.275. The van der Waals surface area contributed by atoms with Crippen LogP contribution in [0.3, 0.4) is 0 Å². The van der Waals surface area contributed by atoms with Crippen LogP contribution in [0, 0.1) is 5.92 Å². The lowest BCUT2D eigenvalue weighted by Crippen LogP contribution is -2.34. The average molecular weight is 366 g/mol. The zero-order valence-corrected chi connectivity index (χ0v) is 15.4. The Hall–Kier alpha value is -1.89. The summed E-state index contributed by atoms with van der Waals surface area (Å²) in [5, 5.41) is 4.28. The molecule has 0 saturated carbocycles. The molecule has 1 saturated heterocycles. The van der Waals surface area contributed by atoms with Crippen molar-refractivity contribution in [2.75, 3.05) is 24.6 Å². The summed E-state index contributed by atoms with van der Waals surface area (Å²) in [5.74, 6) is 2.45. The molecule has 0 bridgehead atoms. The maximum Gasteiger partial charge on any atom is 0.324 e. The van der Waals surface area contributed by atoms with E-state index < -0.39 is 0 Å². The minimum absolute atomic E-state index is 0.237. The molecule has 3 rings (SSSR count). The fraction of sp³-hybridized carbons (Fsp3) is 0.647. The van der Waals surface area contributed by atoms with Crippen molar-refractivity contribution in [3.63, 3.8) is 0 Å². The van der Waals surface area contributed by atoms with Crippen molar-refractivity contribution in [3.05, 3.63) is 23.5 Å². The van der Waals surface area contributed by atoms with Crippen molar-refractivity contribution in [2.45, 2.75) is 45.4 Å². The molecule has 1 fully saturated rings. The van der Waals surface area contributed by atoms with Gasteiger partial charge in [-0.3, -0.25) is 0 Å². The summed E-state index contributed by atoms with van der Waals surface area (Å²) >= 11 is 5.65. The van der Waals surface area contributed by atoms with Gasteiger partial charge in [-0.15, -0.1) is 0 Å². The second-order valence-corrected chi connectivity index (χ2v) is 7.04. The number of anilines is 1. The van der Waals surface area contributed by atoms with Crippen LogP contribution in [0.2, 0.25) is 5.28 Å². The number of rotatable bonds is 7. The van der Waals surface area contributed by atoms with E-state index >= 15 is 0 Å². The molecular formula is C17H24ClN5O2. The number of ether oxygens (including phenoxy) is 1. The lowest BCUT2D eigenvalue weighted by atomic mass is 9.92. The fourth-order valence-electron chi connectivity index (χ4n) is 2.94. The van der Waals surface area contributed by atoms with E-state index in [1.807, 2.05) is 0 Å². The summed E-state index contributed by atoms with van der Waals surface area (Å²) in [6, 6.07) is 0.660. The van der Waals surface area contributed by atoms with Gasteiger partial charge in [0, 0.05) is 19.0 Å². The minimum Gasteiger partial charge on any atom is -0.490 e. The van der Waals surface area contributed by atoms with Gasteiger partial charge >= 0.3 is 6.01 Å². The molecule has 0 unspecified atom stereocenters. The van der Waals surface area contributed by atoms with Gasteiger partial charge in [-0.05, 0) is 43.2 Å². The first kappa shape index (κ1) is 17.9. The van der Waals surface area contributed by atoms with Crippen LogP contribution >= 0.6 is 11.6 Å². The van der Waals surface area contributed by atoms with Gasteiger partial charge in [0.2, 0.25) is 5.28 Å². The van der Waals surface area contributed by atoms with Crippen molar-refractivity contribution in [1.82, 2.24) is 20.1 Å². The summed E-state index contributed by atoms with van der Waals surface area (Å²) in [6.07, 6.45) is 7.66. The van der Waals surface area contributed by atoms with E-state index in [2.05, 4.69) is 38.9 Å². The Labute approximate surface area is 152 Å². The minimum atomic E-state index is 0.237. The number of halogens is 1. The molecule has 2 aromatic rings. The molecule has 0 aliphatic carbocycles. The highest BCUT2D eigenvalue weighted by Crippen LogP contribution is 2.26. The highest BCUT2D eigenvalue weighted by molar-refractivity contribution is 6.28. The number of aromatic nitrogens is 4. The second-order valence-electron chi connectivity index (χ2n) is 6.70. The summed E-state index contributed by atoms with van der Waals surface area (Å²) in [6.45, 7) is 6.75. The first-order valence-electron chi connectivity index (χ1n) is 8.80. The highest BCUT2D eigenvalue weighted by atomic mass is 35.5. The fourth-order valence-corrected chi connectivity index (χ4v) is 3.04. The van der Waals surface area contributed by atoms with Gasteiger partial charge in [0.1, 0.15) is 0 Å². The van der Waals surface area contributed by atoms with Gasteiger partial charge < -0.3 is 14.2 Å². The SMILES string of the molecule is CC(C)c1noc(N2CCC(CCCOc3cnc(Cl)nc3)CC2)n1. The standard InChI is InChI=1S/C17H24ClN5O2/c1-12(2)15-21-17(25-22-15)23-7-5-13(6-8-23)4-3-9-24-14-10-19-16(18)20-11-14/h10-13H,3-9H2,1-2H3. The first-order chi connectivity index (χ1) is 12.1. The summed E-state index contributed by atoms with van der Waals surface area (Å²) < 4.78 is 11.0. The predicted octanol–water partition coefficient (Wildman–Crippen LogP) is 3.71. The number of hydrogen-bond acceptors (Lipinski definition) is 7. The third kappa shape index (κ3) is 5.04. The van der Waals surface area contributed by atoms with Crippen molar-refractivity contribution in [2.24, 2.45) is 5.92 Å². The lowest BCUT2D eigenvalue weighted by Gasteiger charge is -2.30. The maximum atomic E-state index is 5.65. The summed E-state index contributed by atoms with van der Waals surface area (Å²) in [5.41, 5.74) is 0. The molecule has 136 valence electrons. The van der Waals surface area contributed by atoms with Gasteiger partial charge in [0.25, 0.3) is 0 Å². The Morgan fingerprint density at radius 3 is 2.64 bits per heavy atom. The molecule has 3 heterocycles. The molecule has 0 radical (unpaired) electrons. The molecule has 0 N–H and O–H groups in total. The van der Waals surface area contributed by atoms with E-state index in [1.165, 1.54) is 0 Å². The van der Waals surface area contributed by atoms with E-state index in [9.17, 15) is 0 Å². The predicted molar refractivity (Wildman–Crippen MR) is 95.1 cm³/mol. The van der Waals surface area contributed by atoms with Crippen LogP contribution in [0.15, 0.2) is 16.9 Å². The first-order valence-corrected chi connectivity index (χ1v) is 9.18. The third-order valence-electron chi connectivity index (χ3n) is 4.45. The molecular weight excluding hydrogens is 342 g/mol. The zero-order valence-electron chi connectivity index (χ0n) is 14.7. The largest absolute Gasteiger partial charge is 0.490 e. The Morgan fingerprint density at radius 1 is 1.28 bits per heavy atom. The topological polar surface area (TPSA) is 77.2 Å². The van der Waals surface area contributed by atoms with E-state index in [-0.39, 0.29) is 5.28 Å². The van der Waals surface area contributed by atoms with E-state index in [0.29, 0.717) is 30.2 Å². The highest BCUT2D eigenvalue weighted by Gasteiger charge is 2.23. The van der Waals surface area contributed by atoms with Crippen LogP contribution in [0.4, 0.5) is 6.01 Å². The second kappa shape index (κ2) is 8.47. The van der Waals surface area contributed by atoms with Crippen LogP contribution < -0.4 is 9.64 Å². The van der Waals surface area contributed by atoms with Gasteiger partial charge in [-0.25, -0.2) is 9.97 Å². The van der Waals surface area contributed by atoms with Gasteiger partial charge in [0.15, 0.2) is 11.6 Å². The van der Waals surface area contributed by atoms with Crippen molar-refractivity contribution in [1.29, 1.82) is 0 Å². The van der Waals surface area contributed by atoms with Gasteiger partial charge in [0.05, 0.1) is 19.0 Å². The van der Waals surface area contributed by atoms with Crippen molar-refractivity contribution < 1.29 is 9.26 Å². The maximum absolute atomic E-state index is 5.65. The molecule has 7 nitrogen and oxygen atoms in total. The number of nitrogens with zero attached hydrogens (tertiary/aromatic N) is 5. The van der Waals surface area contributed by atoms with Crippen LogP contribution in [0.1, 0.15) is 51.3 Å². The Kier molecular flexibility index (Phi) is 6.07. The molecule has 25 heavy (non-hydrogen) atoms. The van der Waals surface area contributed by atoms with Crippen LogP contribution in [-0.2, 0) is 0 Å². The zero-order chi connectivity index (χ0) is 17.6. The molecule has 1 aliphatic rings. The third-order valence-corrected chi connectivity index (χ3v) is 4.65. The van der Waals surface area contributed by atoms with Crippen molar-refractivity contribution in [3.8, 4) is 5.75 Å². The number of hydrogen-bond donors (Lipinski definition) is 0. The molecule has 8 heteroatoms. The Morgan fingerprint density at radius 2 is 2.00 bits per heavy atom. The van der Waals surface area contributed by atoms with E-state index in [0.717, 1.165) is 44.6 Å². The molecule has 0 atom stereocenters. The van der Waals surface area contributed by atoms with E-state index in [1.54, 1.807) is 12.4 Å². The van der Waals surface area contributed by atoms with Gasteiger partial charge in [-0.1, -0.05) is 19.0 Å². The number of piperidine rings is 1. The quantitative estimate of drug-likeness (QED) is 0.546.